The highest BCUT2D eigenvalue weighted by Crippen LogP contribution is 2.35. The van der Waals surface area contributed by atoms with E-state index in [2.05, 4.69) is 22.0 Å². The molecule has 4 heterocycles. The second kappa shape index (κ2) is 6.54. The molecule has 138 valence electrons. The summed E-state index contributed by atoms with van der Waals surface area (Å²) >= 11 is 0. The maximum absolute atomic E-state index is 12.9. The predicted octanol–water partition coefficient (Wildman–Crippen LogP) is 4.02. The number of aromatic nitrogens is 2. The number of benzene rings is 1. The molecule has 0 aliphatic carbocycles. The van der Waals surface area contributed by atoms with E-state index in [1.165, 1.54) is 6.07 Å². The fourth-order valence-corrected chi connectivity index (χ4v) is 3.98. The molecule has 1 aromatic carbocycles. The van der Waals surface area contributed by atoms with Gasteiger partial charge in [0.05, 0.1) is 11.3 Å². The lowest BCUT2D eigenvalue weighted by atomic mass is 9.81. The van der Waals surface area contributed by atoms with Gasteiger partial charge in [-0.25, -0.2) is 0 Å². The third kappa shape index (κ3) is 3.28. The number of nitrogens with zero attached hydrogens (tertiary/aromatic N) is 3. The number of hydrogen-bond acceptors (Lipinski definition) is 4. The zero-order valence-electron chi connectivity index (χ0n) is 14.4. The SMILES string of the molecule is CC1C(Oc2ccc(-c3cccc(C(F)(F)F)c3)nn2)C2CCN1CC2. The summed E-state index contributed by atoms with van der Waals surface area (Å²) in [6, 6.07) is 8.78. The van der Waals surface area contributed by atoms with Crippen molar-refractivity contribution in [1.29, 1.82) is 0 Å². The summed E-state index contributed by atoms with van der Waals surface area (Å²) in [5.41, 5.74) is 0.0822. The van der Waals surface area contributed by atoms with Crippen LogP contribution in [0.2, 0.25) is 0 Å². The number of halogens is 3. The fraction of sp³-hybridized carbons (Fsp3) is 0.474. The van der Waals surface area contributed by atoms with Gasteiger partial charge in [0.1, 0.15) is 6.10 Å². The van der Waals surface area contributed by atoms with Crippen molar-refractivity contribution >= 4 is 0 Å². The van der Waals surface area contributed by atoms with Crippen molar-refractivity contribution in [3.8, 4) is 17.1 Å². The number of ether oxygens (including phenoxy) is 1. The monoisotopic (exact) mass is 363 g/mol. The van der Waals surface area contributed by atoms with Gasteiger partial charge < -0.3 is 4.74 Å². The van der Waals surface area contributed by atoms with Crippen LogP contribution in [0.1, 0.15) is 25.3 Å². The van der Waals surface area contributed by atoms with Crippen LogP contribution in [-0.2, 0) is 6.18 Å². The van der Waals surface area contributed by atoms with Crippen molar-refractivity contribution in [1.82, 2.24) is 15.1 Å². The average molecular weight is 363 g/mol. The van der Waals surface area contributed by atoms with Crippen molar-refractivity contribution in [2.45, 2.75) is 38.1 Å². The Bertz CT molecular complexity index is 768. The van der Waals surface area contributed by atoms with Crippen LogP contribution >= 0.6 is 0 Å². The lowest BCUT2D eigenvalue weighted by molar-refractivity contribution is -0.137. The Balaban J connectivity index is 1.51. The minimum absolute atomic E-state index is 0.0891. The number of piperidine rings is 3. The van der Waals surface area contributed by atoms with Gasteiger partial charge in [0.15, 0.2) is 0 Å². The van der Waals surface area contributed by atoms with E-state index in [0.717, 1.165) is 38.1 Å². The number of rotatable bonds is 3. The van der Waals surface area contributed by atoms with Crippen LogP contribution in [0.4, 0.5) is 13.2 Å². The molecule has 4 nitrogen and oxygen atoms in total. The van der Waals surface area contributed by atoms with E-state index in [9.17, 15) is 13.2 Å². The highest BCUT2D eigenvalue weighted by molar-refractivity contribution is 5.59. The van der Waals surface area contributed by atoms with Gasteiger partial charge >= 0.3 is 6.18 Å². The first-order valence-corrected chi connectivity index (χ1v) is 8.84. The number of fused-ring (bicyclic) bond motifs is 3. The van der Waals surface area contributed by atoms with E-state index in [1.54, 1.807) is 18.2 Å². The van der Waals surface area contributed by atoms with Gasteiger partial charge in [-0.1, -0.05) is 12.1 Å². The van der Waals surface area contributed by atoms with E-state index in [0.29, 0.717) is 29.1 Å². The van der Waals surface area contributed by atoms with Gasteiger partial charge in [0.2, 0.25) is 5.88 Å². The second-order valence-corrected chi connectivity index (χ2v) is 7.03. The third-order valence-corrected chi connectivity index (χ3v) is 5.47. The normalized spacial score (nSPS) is 28.2. The maximum Gasteiger partial charge on any atom is 0.416 e. The molecule has 3 fully saturated rings. The first-order chi connectivity index (χ1) is 12.4. The maximum atomic E-state index is 12.9. The zero-order chi connectivity index (χ0) is 18.3. The smallest absolute Gasteiger partial charge is 0.416 e. The minimum atomic E-state index is -4.38. The number of alkyl halides is 3. The van der Waals surface area contributed by atoms with Crippen LogP contribution in [0.3, 0.4) is 0 Å². The summed E-state index contributed by atoms with van der Waals surface area (Å²) in [6.45, 7) is 4.40. The Morgan fingerprint density at radius 1 is 1.08 bits per heavy atom. The molecule has 7 heteroatoms. The molecule has 26 heavy (non-hydrogen) atoms. The Morgan fingerprint density at radius 3 is 2.46 bits per heavy atom. The van der Waals surface area contributed by atoms with Crippen molar-refractivity contribution in [3.05, 3.63) is 42.0 Å². The van der Waals surface area contributed by atoms with Gasteiger partial charge in [-0.3, -0.25) is 4.90 Å². The first kappa shape index (κ1) is 17.3. The molecule has 2 bridgehead atoms. The lowest BCUT2D eigenvalue weighted by Crippen LogP contribution is -2.58. The zero-order valence-corrected chi connectivity index (χ0v) is 14.4. The van der Waals surface area contributed by atoms with Gasteiger partial charge in [-0.05, 0) is 57.0 Å². The van der Waals surface area contributed by atoms with Gasteiger partial charge in [0, 0.05) is 17.7 Å². The molecule has 2 aromatic rings. The van der Waals surface area contributed by atoms with Crippen molar-refractivity contribution < 1.29 is 17.9 Å². The van der Waals surface area contributed by atoms with Crippen molar-refractivity contribution in [3.63, 3.8) is 0 Å². The number of hydrogen-bond donors (Lipinski definition) is 0. The Morgan fingerprint density at radius 2 is 1.85 bits per heavy atom. The van der Waals surface area contributed by atoms with E-state index in [1.807, 2.05) is 0 Å². The van der Waals surface area contributed by atoms with Crippen LogP contribution in [0, 0.1) is 5.92 Å². The second-order valence-electron chi connectivity index (χ2n) is 7.03. The summed E-state index contributed by atoms with van der Waals surface area (Å²) < 4.78 is 44.7. The van der Waals surface area contributed by atoms with Crippen LogP contribution < -0.4 is 4.74 Å². The van der Waals surface area contributed by atoms with E-state index in [4.69, 9.17) is 4.74 Å². The molecular formula is C19H20F3N3O. The summed E-state index contributed by atoms with van der Waals surface area (Å²) in [6.07, 6.45) is -2.03. The fourth-order valence-electron chi connectivity index (χ4n) is 3.98. The Hall–Kier alpha value is -2.15. The van der Waals surface area contributed by atoms with E-state index in [-0.39, 0.29) is 6.10 Å². The summed E-state index contributed by atoms with van der Waals surface area (Å²) in [5, 5.41) is 8.16. The molecule has 0 spiro atoms. The Kier molecular flexibility index (Phi) is 4.34. The van der Waals surface area contributed by atoms with Gasteiger partial charge in [-0.15, -0.1) is 10.2 Å². The van der Waals surface area contributed by atoms with E-state index < -0.39 is 11.7 Å². The molecule has 0 radical (unpaired) electrons. The minimum Gasteiger partial charge on any atom is -0.471 e. The lowest BCUT2D eigenvalue weighted by Gasteiger charge is -2.48. The van der Waals surface area contributed by atoms with Crippen molar-refractivity contribution in [2.75, 3.05) is 13.1 Å². The highest BCUT2D eigenvalue weighted by atomic mass is 19.4. The third-order valence-electron chi connectivity index (χ3n) is 5.47. The summed E-state index contributed by atoms with van der Waals surface area (Å²) in [5.74, 6) is 0.950. The standard InChI is InChI=1S/C19H20F3N3O/c1-12-18(13-7-9-25(12)10-8-13)26-17-6-5-16(23-24-17)14-3-2-4-15(11-14)19(20,21)22/h2-6,11-13,18H,7-10H2,1H3. The molecule has 0 amide bonds. The quantitative estimate of drug-likeness (QED) is 0.826. The van der Waals surface area contributed by atoms with Crippen LogP contribution in [-0.4, -0.2) is 40.3 Å². The van der Waals surface area contributed by atoms with Crippen LogP contribution in [0.25, 0.3) is 11.3 Å². The topological polar surface area (TPSA) is 38.3 Å². The largest absolute Gasteiger partial charge is 0.471 e. The molecule has 3 aliphatic heterocycles. The average Bonchev–Trinajstić information content (AvgIpc) is 2.65. The summed E-state index contributed by atoms with van der Waals surface area (Å²) in [4.78, 5) is 2.43. The molecule has 2 unspecified atom stereocenters. The van der Waals surface area contributed by atoms with Gasteiger partial charge in [-0.2, -0.15) is 13.2 Å². The molecule has 1 aromatic heterocycles. The molecule has 3 saturated heterocycles. The Labute approximate surface area is 150 Å². The highest BCUT2D eigenvalue weighted by Gasteiger charge is 2.41. The predicted molar refractivity (Wildman–Crippen MR) is 90.6 cm³/mol. The van der Waals surface area contributed by atoms with E-state index >= 15 is 0 Å². The molecular weight excluding hydrogens is 343 g/mol. The molecule has 0 N–H and O–H groups in total. The van der Waals surface area contributed by atoms with Crippen LogP contribution in [0.15, 0.2) is 36.4 Å². The first-order valence-electron chi connectivity index (χ1n) is 8.84. The van der Waals surface area contributed by atoms with Crippen LogP contribution in [0.5, 0.6) is 5.88 Å². The summed E-state index contributed by atoms with van der Waals surface area (Å²) in [7, 11) is 0. The van der Waals surface area contributed by atoms with Crippen molar-refractivity contribution in [2.24, 2.45) is 5.92 Å². The molecule has 3 aliphatic rings. The molecule has 5 rings (SSSR count). The molecule has 2 atom stereocenters. The van der Waals surface area contributed by atoms with Gasteiger partial charge in [0.25, 0.3) is 0 Å². The molecule has 0 saturated carbocycles.